The van der Waals surface area contributed by atoms with Crippen molar-refractivity contribution in [2.75, 3.05) is 32.2 Å². The van der Waals surface area contributed by atoms with E-state index in [4.69, 9.17) is 4.74 Å². The number of nitrogens with zero attached hydrogens (tertiary/aromatic N) is 1. The first-order valence-electron chi connectivity index (χ1n) is 6.43. The van der Waals surface area contributed by atoms with Gasteiger partial charge in [-0.05, 0) is 25.0 Å². The fourth-order valence-electron chi connectivity index (χ4n) is 1.96. The maximum atomic E-state index is 13.9. The molecule has 0 heterocycles. The highest BCUT2D eigenvalue weighted by molar-refractivity contribution is 5.53. The van der Waals surface area contributed by atoms with Crippen molar-refractivity contribution in [3.63, 3.8) is 0 Å². The number of ether oxygens (including phenoxy) is 1. The van der Waals surface area contributed by atoms with Crippen LogP contribution in [0.1, 0.15) is 18.4 Å². The molecule has 0 radical (unpaired) electrons. The minimum absolute atomic E-state index is 0.134. The molecule has 0 bridgehead atoms. The summed E-state index contributed by atoms with van der Waals surface area (Å²) in [5.41, 5.74) is 1.70. The minimum atomic E-state index is -0.134. The third-order valence-corrected chi connectivity index (χ3v) is 3.28. The summed E-state index contributed by atoms with van der Waals surface area (Å²) >= 11 is 0. The third-order valence-electron chi connectivity index (χ3n) is 3.28. The second-order valence-electron chi connectivity index (χ2n) is 4.81. The average molecular weight is 252 g/mol. The van der Waals surface area contributed by atoms with Gasteiger partial charge in [0, 0.05) is 44.5 Å². The Morgan fingerprint density at radius 2 is 2.22 bits per heavy atom. The number of rotatable bonds is 7. The normalized spacial score (nSPS) is 14.8. The zero-order valence-corrected chi connectivity index (χ0v) is 11.1. The van der Waals surface area contributed by atoms with Crippen LogP contribution in [-0.4, -0.2) is 33.4 Å². The van der Waals surface area contributed by atoms with Crippen molar-refractivity contribution in [3.05, 3.63) is 29.6 Å². The molecule has 3 nitrogen and oxygen atoms in total. The SMILES string of the molecule is COCCN(C)c1cccc(F)c1CNC1CC1. The molecule has 1 aliphatic carbocycles. The van der Waals surface area contributed by atoms with Crippen LogP contribution in [-0.2, 0) is 11.3 Å². The molecule has 1 fully saturated rings. The molecule has 0 saturated heterocycles. The highest BCUT2D eigenvalue weighted by Gasteiger charge is 2.21. The van der Waals surface area contributed by atoms with Crippen LogP contribution in [0.25, 0.3) is 0 Å². The van der Waals surface area contributed by atoms with Crippen molar-refractivity contribution >= 4 is 5.69 Å². The number of likely N-dealkylation sites (N-methyl/N-ethyl adjacent to an activating group) is 1. The van der Waals surface area contributed by atoms with Crippen LogP contribution in [0.2, 0.25) is 0 Å². The monoisotopic (exact) mass is 252 g/mol. The van der Waals surface area contributed by atoms with Crippen LogP contribution in [0.15, 0.2) is 18.2 Å². The van der Waals surface area contributed by atoms with E-state index in [2.05, 4.69) is 5.32 Å². The Balaban J connectivity index is 2.08. The number of methoxy groups -OCH3 is 1. The lowest BCUT2D eigenvalue weighted by molar-refractivity contribution is 0.206. The smallest absolute Gasteiger partial charge is 0.129 e. The largest absolute Gasteiger partial charge is 0.383 e. The van der Waals surface area contributed by atoms with E-state index in [9.17, 15) is 4.39 Å². The van der Waals surface area contributed by atoms with E-state index >= 15 is 0 Å². The molecule has 100 valence electrons. The molecular formula is C14H21FN2O. The first-order chi connectivity index (χ1) is 8.72. The van der Waals surface area contributed by atoms with Gasteiger partial charge in [-0.3, -0.25) is 0 Å². The zero-order valence-electron chi connectivity index (χ0n) is 11.1. The van der Waals surface area contributed by atoms with Gasteiger partial charge in [-0.15, -0.1) is 0 Å². The number of anilines is 1. The number of halogens is 1. The first kappa shape index (κ1) is 13.3. The lowest BCUT2D eigenvalue weighted by atomic mass is 10.1. The van der Waals surface area contributed by atoms with Crippen molar-refractivity contribution in [3.8, 4) is 0 Å². The van der Waals surface area contributed by atoms with Crippen LogP contribution in [0.3, 0.4) is 0 Å². The Labute approximate surface area is 108 Å². The number of hydrogen-bond donors (Lipinski definition) is 1. The van der Waals surface area contributed by atoms with Gasteiger partial charge in [0.25, 0.3) is 0 Å². The Morgan fingerprint density at radius 3 is 2.89 bits per heavy atom. The number of benzene rings is 1. The third kappa shape index (κ3) is 3.43. The topological polar surface area (TPSA) is 24.5 Å². The number of nitrogens with one attached hydrogen (secondary N) is 1. The van der Waals surface area contributed by atoms with E-state index in [1.54, 1.807) is 13.2 Å². The zero-order chi connectivity index (χ0) is 13.0. The van der Waals surface area contributed by atoms with E-state index in [1.165, 1.54) is 18.9 Å². The molecule has 0 aliphatic heterocycles. The van der Waals surface area contributed by atoms with Gasteiger partial charge >= 0.3 is 0 Å². The molecule has 1 N–H and O–H groups in total. The molecule has 4 heteroatoms. The van der Waals surface area contributed by atoms with Gasteiger partial charge in [0.05, 0.1) is 6.61 Å². The predicted octanol–water partition coefficient (Wildman–Crippen LogP) is 2.16. The maximum absolute atomic E-state index is 13.9. The van der Waals surface area contributed by atoms with Crippen molar-refractivity contribution in [2.24, 2.45) is 0 Å². The Kier molecular flexibility index (Phi) is 4.55. The summed E-state index contributed by atoms with van der Waals surface area (Å²) in [6.07, 6.45) is 2.42. The Hall–Kier alpha value is -1.13. The predicted molar refractivity (Wildman–Crippen MR) is 71.4 cm³/mol. The van der Waals surface area contributed by atoms with Crippen molar-refractivity contribution < 1.29 is 9.13 Å². The molecule has 0 amide bonds. The summed E-state index contributed by atoms with van der Waals surface area (Å²) in [5.74, 6) is -0.134. The lowest BCUT2D eigenvalue weighted by Crippen LogP contribution is -2.25. The molecule has 1 aliphatic rings. The van der Waals surface area contributed by atoms with Crippen LogP contribution >= 0.6 is 0 Å². The molecule has 1 saturated carbocycles. The lowest BCUT2D eigenvalue weighted by Gasteiger charge is -2.22. The first-order valence-corrected chi connectivity index (χ1v) is 6.43. The molecule has 1 aromatic carbocycles. The summed E-state index contributed by atoms with van der Waals surface area (Å²) in [7, 11) is 3.64. The molecule has 0 spiro atoms. The summed E-state index contributed by atoms with van der Waals surface area (Å²) in [6.45, 7) is 2.00. The minimum Gasteiger partial charge on any atom is -0.383 e. The molecule has 2 rings (SSSR count). The summed E-state index contributed by atoms with van der Waals surface area (Å²) in [4.78, 5) is 2.04. The van der Waals surface area contributed by atoms with Crippen molar-refractivity contribution in [1.29, 1.82) is 0 Å². The van der Waals surface area contributed by atoms with E-state index in [0.717, 1.165) is 17.8 Å². The molecule has 0 atom stereocenters. The van der Waals surface area contributed by atoms with Crippen LogP contribution in [0, 0.1) is 5.82 Å². The average Bonchev–Trinajstić information content (AvgIpc) is 3.18. The Bertz CT molecular complexity index is 393. The maximum Gasteiger partial charge on any atom is 0.129 e. The summed E-state index contributed by atoms with van der Waals surface area (Å²) < 4.78 is 19.0. The van der Waals surface area contributed by atoms with Gasteiger partial charge in [0.1, 0.15) is 5.82 Å². The highest BCUT2D eigenvalue weighted by atomic mass is 19.1. The van der Waals surface area contributed by atoms with Gasteiger partial charge in [0.15, 0.2) is 0 Å². The number of hydrogen-bond acceptors (Lipinski definition) is 3. The second-order valence-corrected chi connectivity index (χ2v) is 4.81. The molecule has 0 unspecified atom stereocenters. The van der Waals surface area contributed by atoms with Crippen LogP contribution in [0.4, 0.5) is 10.1 Å². The van der Waals surface area contributed by atoms with Crippen LogP contribution in [0.5, 0.6) is 0 Å². The van der Waals surface area contributed by atoms with Gasteiger partial charge < -0.3 is 15.0 Å². The van der Waals surface area contributed by atoms with E-state index in [1.807, 2.05) is 18.0 Å². The van der Waals surface area contributed by atoms with Crippen molar-refractivity contribution in [2.45, 2.75) is 25.4 Å². The fourth-order valence-corrected chi connectivity index (χ4v) is 1.96. The quantitative estimate of drug-likeness (QED) is 0.805. The van der Waals surface area contributed by atoms with Gasteiger partial charge in [0.2, 0.25) is 0 Å². The van der Waals surface area contributed by atoms with Crippen molar-refractivity contribution in [1.82, 2.24) is 5.32 Å². The second kappa shape index (κ2) is 6.16. The van der Waals surface area contributed by atoms with Gasteiger partial charge in [-0.2, -0.15) is 0 Å². The standard InChI is InChI=1S/C14H21FN2O/c1-17(8-9-18-2)14-5-3-4-13(15)12(14)10-16-11-6-7-11/h3-5,11,16H,6-10H2,1-2H3. The molecule has 0 aromatic heterocycles. The molecule has 18 heavy (non-hydrogen) atoms. The molecular weight excluding hydrogens is 231 g/mol. The summed E-state index contributed by atoms with van der Waals surface area (Å²) in [5, 5.41) is 3.37. The van der Waals surface area contributed by atoms with Gasteiger partial charge in [-0.1, -0.05) is 6.07 Å². The highest BCUT2D eigenvalue weighted by Crippen LogP contribution is 2.25. The Morgan fingerprint density at radius 1 is 1.44 bits per heavy atom. The molecule has 1 aromatic rings. The van der Waals surface area contributed by atoms with E-state index in [0.29, 0.717) is 19.2 Å². The van der Waals surface area contributed by atoms with E-state index in [-0.39, 0.29) is 5.82 Å². The fraction of sp³-hybridized carbons (Fsp3) is 0.571. The van der Waals surface area contributed by atoms with Crippen LogP contribution < -0.4 is 10.2 Å². The van der Waals surface area contributed by atoms with E-state index < -0.39 is 0 Å². The van der Waals surface area contributed by atoms with Gasteiger partial charge in [-0.25, -0.2) is 4.39 Å². The summed E-state index contributed by atoms with van der Waals surface area (Å²) in [6, 6.07) is 5.83.